The van der Waals surface area contributed by atoms with Crippen molar-refractivity contribution < 1.29 is 14.6 Å². The third-order valence-corrected chi connectivity index (χ3v) is 3.12. The lowest BCUT2D eigenvalue weighted by molar-refractivity contribution is 0.0110. The lowest BCUT2D eigenvalue weighted by Crippen LogP contribution is -2.25. The second-order valence-electron chi connectivity index (χ2n) is 5.72. The van der Waals surface area contributed by atoms with Gasteiger partial charge in [-0.15, -0.1) is 5.10 Å². The molecule has 0 aliphatic rings. The van der Waals surface area contributed by atoms with Crippen LogP contribution in [-0.4, -0.2) is 38.8 Å². The van der Waals surface area contributed by atoms with Gasteiger partial charge in [-0.05, 0) is 32.6 Å². The summed E-state index contributed by atoms with van der Waals surface area (Å²) >= 11 is 0. The summed E-state index contributed by atoms with van der Waals surface area (Å²) in [7, 11) is 1.67. The summed E-state index contributed by atoms with van der Waals surface area (Å²) in [6.45, 7) is 8.67. The first-order valence-corrected chi connectivity index (χ1v) is 6.47. The summed E-state index contributed by atoms with van der Waals surface area (Å²) in [5, 5.41) is 16.9. The molecule has 0 aliphatic carbocycles. The van der Waals surface area contributed by atoms with Crippen LogP contribution in [0.5, 0.6) is 0 Å². The fourth-order valence-electron chi connectivity index (χ4n) is 1.74. The highest BCUT2D eigenvalue weighted by molar-refractivity contribution is 5.86. The zero-order valence-corrected chi connectivity index (χ0v) is 12.3. The fraction of sp³-hybridized carbons (Fsp3) is 0.769. The van der Waals surface area contributed by atoms with E-state index in [2.05, 4.69) is 10.3 Å². The molecule has 19 heavy (non-hydrogen) atoms. The smallest absolute Gasteiger partial charge is 0.358 e. The van der Waals surface area contributed by atoms with Crippen molar-refractivity contribution >= 4 is 5.97 Å². The number of aromatic nitrogens is 3. The van der Waals surface area contributed by atoms with Gasteiger partial charge in [-0.1, -0.05) is 19.1 Å². The van der Waals surface area contributed by atoms with Crippen molar-refractivity contribution in [3.8, 4) is 0 Å². The van der Waals surface area contributed by atoms with Gasteiger partial charge in [0, 0.05) is 13.7 Å². The summed E-state index contributed by atoms with van der Waals surface area (Å²) in [5.74, 6) is -0.668. The molecular weight excluding hydrogens is 246 g/mol. The average Bonchev–Trinajstić information content (AvgIpc) is 2.69. The van der Waals surface area contributed by atoms with Crippen molar-refractivity contribution in [3.63, 3.8) is 0 Å². The molecule has 0 spiro atoms. The maximum absolute atomic E-state index is 11.1. The van der Waals surface area contributed by atoms with E-state index in [0.717, 1.165) is 6.42 Å². The highest BCUT2D eigenvalue weighted by atomic mass is 16.5. The number of nitrogens with zero attached hydrogens (tertiary/aromatic N) is 3. The zero-order valence-electron chi connectivity index (χ0n) is 12.3. The van der Waals surface area contributed by atoms with Crippen LogP contribution in [0.3, 0.4) is 0 Å². The number of rotatable bonds is 7. The molecule has 6 heteroatoms. The minimum absolute atomic E-state index is 0.0592. The van der Waals surface area contributed by atoms with Crippen molar-refractivity contribution in [3.05, 3.63) is 11.4 Å². The Bertz CT molecular complexity index is 438. The fourth-order valence-corrected chi connectivity index (χ4v) is 1.74. The van der Waals surface area contributed by atoms with E-state index in [1.165, 1.54) is 0 Å². The first kappa shape index (κ1) is 15.6. The lowest BCUT2D eigenvalue weighted by atomic mass is 10.0. The topological polar surface area (TPSA) is 77.2 Å². The standard InChI is InChI=1S/C13H23N3O3/c1-9(2)8-10-11(12(17)18)14-15-16(10)7-6-13(3,4)19-5/h9H,6-8H2,1-5H3,(H,17,18). The van der Waals surface area contributed by atoms with Gasteiger partial charge in [0.05, 0.1) is 11.3 Å². The van der Waals surface area contributed by atoms with Gasteiger partial charge >= 0.3 is 5.97 Å². The summed E-state index contributed by atoms with van der Waals surface area (Å²) < 4.78 is 7.04. The van der Waals surface area contributed by atoms with Crippen LogP contribution in [0.25, 0.3) is 0 Å². The first-order valence-electron chi connectivity index (χ1n) is 6.47. The van der Waals surface area contributed by atoms with Crippen LogP contribution in [0.2, 0.25) is 0 Å². The molecule has 1 rings (SSSR count). The Labute approximate surface area is 113 Å². The molecule has 0 aromatic carbocycles. The second kappa shape index (κ2) is 6.14. The molecule has 6 nitrogen and oxygen atoms in total. The number of hydrogen-bond donors (Lipinski definition) is 1. The third kappa shape index (κ3) is 4.31. The highest BCUT2D eigenvalue weighted by Gasteiger charge is 2.22. The molecule has 1 aromatic heterocycles. The van der Waals surface area contributed by atoms with E-state index in [1.807, 2.05) is 27.7 Å². The van der Waals surface area contributed by atoms with E-state index in [1.54, 1.807) is 11.8 Å². The Morgan fingerprint density at radius 1 is 1.47 bits per heavy atom. The minimum Gasteiger partial charge on any atom is -0.476 e. The van der Waals surface area contributed by atoms with Gasteiger partial charge in [-0.25, -0.2) is 9.48 Å². The Kier molecular flexibility index (Phi) is 5.05. The number of carboxylic acid groups (broad SMARTS) is 1. The van der Waals surface area contributed by atoms with Crippen molar-refractivity contribution in [1.29, 1.82) is 0 Å². The molecule has 1 N–H and O–H groups in total. The molecule has 0 saturated heterocycles. The molecule has 1 heterocycles. The minimum atomic E-state index is -1.02. The van der Waals surface area contributed by atoms with E-state index >= 15 is 0 Å². The van der Waals surface area contributed by atoms with Crippen LogP contribution >= 0.6 is 0 Å². The SMILES string of the molecule is COC(C)(C)CCn1nnc(C(=O)O)c1CC(C)C. The number of aryl methyl sites for hydroxylation is 1. The Morgan fingerprint density at radius 3 is 2.58 bits per heavy atom. The molecule has 0 unspecified atom stereocenters. The maximum Gasteiger partial charge on any atom is 0.358 e. The number of methoxy groups -OCH3 is 1. The van der Waals surface area contributed by atoms with Crippen LogP contribution in [0.1, 0.15) is 50.3 Å². The molecule has 0 bridgehead atoms. The molecule has 108 valence electrons. The van der Waals surface area contributed by atoms with E-state index in [9.17, 15) is 4.79 Å². The van der Waals surface area contributed by atoms with Gasteiger partial charge in [-0.3, -0.25) is 0 Å². The molecule has 0 radical (unpaired) electrons. The summed E-state index contributed by atoms with van der Waals surface area (Å²) in [6, 6.07) is 0. The van der Waals surface area contributed by atoms with Crippen molar-refractivity contribution in [2.45, 2.75) is 52.7 Å². The molecular formula is C13H23N3O3. The van der Waals surface area contributed by atoms with Crippen molar-refractivity contribution in [2.24, 2.45) is 5.92 Å². The van der Waals surface area contributed by atoms with E-state index in [-0.39, 0.29) is 11.3 Å². The second-order valence-corrected chi connectivity index (χ2v) is 5.72. The van der Waals surface area contributed by atoms with E-state index < -0.39 is 5.97 Å². The van der Waals surface area contributed by atoms with Crippen LogP contribution in [-0.2, 0) is 17.7 Å². The average molecular weight is 269 g/mol. The highest BCUT2D eigenvalue weighted by Crippen LogP contribution is 2.17. The largest absolute Gasteiger partial charge is 0.476 e. The quantitative estimate of drug-likeness (QED) is 0.819. The normalized spacial score (nSPS) is 12.1. The summed E-state index contributed by atoms with van der Waals surface area (Å²) in [4.78, 5) is 11.1. The van der Waals surface area contributed by atoms with Gasteiger partial charge in [0.1, 0.15) is 0 Å². The third-order valence-electron chi connectivity index (χ3n) is 3.12. The number of hydrogen-bond acceptors (Lipinski definition) is 4. The monoisotopic (exact) mass is 269 g/mol. The van der Waals surface area contributed by atoms with E-state index in [0.29, 0.717) is 24.6 Å². The number of carbonyl (C=O) groups is 1. The molecule has 0 saturated carbocycles. The van der Waals surface area contributed by atoms with Crippen LogP contribution < -0.4 is 0 Å². The Hall–Kier alpha value is -1.43. The van der Waals surface area contributed by atoms with Gasteiger partial charge in [0.25, 0.3) is 0 Å². The van der Waals surface area contributed by atoms with Crippen molar-refractivity contribution in [2.75, 3.05) is 7.11 Å². The molecule has 0 atom stereocenters. The molecule has 0 aliphatic heterocycles. The molecule has 1 aromatic rings. The van der Waals surface area contributed by atoms with Crippen LogP contribution in [0.4, 0.5) is 0 Å². The number of carboxylic acids is 1. The van der Waals surface area contributed by atoms with Gasteiger partial charge in [0.2, 0.25) is 0 Å². The number of aromatic carboxylic acids is 1. The summed E-state index contributed by atoms with van der Waals surface area (Å²) in [6.07, 6.45) is 1.40. The van der Waals surface area contributed by atoms with Gasteiger partial charge in [0.15, 0.2) is 5.69 Å². The first-order chi connectivity index (χ1) is 8.76. The predicted octanol–water partition coefficient (Wildman–Crippen LogP) is 1.99. The summed E-state index contributed by atoms with van der Waals surface area (Å²) in [5.41, 5.74) is 0.489. The molecule has 0 amide bonds. The van der Waals surface area contributed by atoms with Crippen LogP contribution in [0.15, 0.2) is 0 Å². The van der Waals surface area contributed by atoms with Gasteiger partial charge < -0.3 is 9.84 Å². The van der Waals surface area contributed by atoms with E-state index in [4.69, 9.17) is 9.84 Å². The van der Waals surface area contributed by atoms with Crippen LogP contribution in [0, 0.1) is 5.92 Å². The number of ether oxygens (including phenoxy) is 1. The van der Waals surface area contributed by atoms with Gasteiger partial charge in [-0.2, -0.15) is 0 Å². The van der Waals surface area contributed by atoms with Crippen molar-refractivity contribution in [1.82, 2.24) is 15.0 Å². The zero-order chi connectivity index (χ0) is 14.6. The lowest BCUT2D eigenvalue weighted by Gasteiger charge is -2.23. The maximum atomic E-state index is 11.1. The molecule has 0 fully saturated rings. The Balaban J connectivity index is 2.91. The predicted molar refractivity (Wildman–Crippen MR) is 71.2 cm³/mol. The Morgan fingerprint density at radius 2 is 2.11 bits per heavy atom.